The van der Waals surface area contributed by atoms with Crippen LogP contribution >= 0.6 is 31.9 Å². The number of benzene rings is 1. The van der Waals surface area contributed by atoms with Gasteiger partial charge in [-0.2, -0.15) is 0 Å². The summed E-state index contributed by atoms with van der Waals surface area (Å²) in [6.07, 6.45) is 0. The van der Waals surface area contributed by atoms with Crippen molar-refractivity contribution in [1.29, 1.82) is 0 Å². The molecule has 0 spiro atoms. The molecule has 0 saturated heterocycles. The zero-order valence-electron chi connectivity index (χ0n) is 8.76. The van der Waals surface area contributed by atoms with Crippen molar-refractivity contribution >= 4 is 37.5 Å². The van der Waals surface area contributed by atoms with E-state index >= 15 is 0 Å². The molecule has 0 aliphatic heterocycles. The second kappa shape index (κ2) is 5.06. The Hall–Kier alpha value is -0.740. The van der Waals surface area contributed by atoms with Crippen molar-refractivity contribution < 1.29 is 4.42 Å². The first-order chi connectivity index (χ1) is 7.65. The summed E-state index contributed by atoms with van der Waals surface area (Å²) in [6, 6.07) is 9.97. The van der Waals surface area contributed by atoms with Gasteiger partial charge < -0.3 is 9.73 Å². The molecule has 0 bridgehead atoms. The van der Waals surface area contributed by atoms with Gasteiger partial charge in [-0.25, -0.2) is 0 Å². The Morgan fingerprint density at radius 1 is 1.19 bits per heavy atom. The highest BCUT2D eigenvalue weighted by Crippen LogP contribution is 2.26. The Labute approximate surface area is 111 Å². The normalized spacial score (nSPS) is 10.4. The minimum atomic E-state index is 0.683. The smallest absolute Gasteiger partial charge is 0.123 e. The molecule has 1 heterocycles. The summed E-state index contributed by atoms with van der Waals surface area (Å²) in [7, 11) is 0. The third kappa shape index (κ3) is 2.89. The molecule has 16 heavy (non-hydrogen) atoms. The number of anilines is 1. The first-order valence-corrected chi connectivity index (χ1v) is 6.48. The number of furan rings is 1. The molecule has 0 saturated carbocycles. The molecular formula is C12H11Br2NO. The molecular weight excluding hydrogens is 334 g/mol. The van der Waals surface area contributed by atoms with E-state index in [1.54, 1.807) is 0 Å². The highest BCUT2D eigenvalue weighted by atomic mass is 79.9. The minimum absolute atomic E-state index is 0.683. The van der Waals surface area contributed by atoms with Crippen LogP contribution in [-0.2, 0) is 6.54 Å². The first kappa shape index (κ1) is 11.7. The van der Waals surface area contributed by atoms with Crippen LogP contribution < -0.4 is 5.32 Å². The number of rotatable bonds is 3. The molecule has 4 heteroatoms. The van der Waals surface area contributed by atoms with Gasteiger partial charge in [-0.15, -0.1) is 0 Å². The van der Waals surface area contributed by atoms with E-state index < -0.39 is 0 Å². The van der Waals surface area contributed by atoms with Crippen molar-refractivity contribution in [3.8, 4) is 0 Å². The molecule has 2 nitrogen and oxygen atoms in total. The van der Waals surface area contributed by atoms with Crippen molar-refractivity contribution in [2.75, 3.05) is 5.32 Å². The van der Waals surface area contributed by atoms with Crippen LogP contribution in [0.3, 0.4) is 0 Å². The van der Waals surface area contributed by atoms with Crippen LogP contribution in [0.4, 0.5) is 5.69 Å². The maximum absolute atomic E-state index is 5.49. The Morgan fingerprint density at radius 2 is 2.00 bits per heavy atom. The highest BCUT2D eigenvalue weighted by Gasteiger charge is 2.02. The van der Waals surface area contributed by atoms with Gasteiger partial charge in [0.2, 0.25) is 0 Å². The second-order valence-corrected chi connectivity index (χ2v) is 5.26. The van der Waals surface area contributed by atoms with Crippen molar-refractivity contribution in [2.24, 2.45) is 0 Å². The van der Waals surface area contributed by atoms with E-state index in [1.165, 1.54) is 0 Å². The second-order valence-electron chi connectivity index (χ2n) is 3.49. The average molecular weight is 345 g/mol. The van der Waals surface area contributed by atoms with E-state index in [2.05, 4.69) is 37.2 Å². The average Bonchev–Trinajstić information content (AvgIpc) is 2.66. The Balaban J connectivity index is 2.07. The number of hydrogen-bond acceptors (Lipinski definition) is 2. The molecule has 1 N–H and O–H groups in total. The van der Waals surface area contributed by atoms with Gasteiger partial charge in [0.15, 0.2) is 0 Å². The van der Waals surface area contributed by atoms with Gasteiger partial charge in [0, 0.05) is 14.6 Å². The third-order valence-corrected chi connectivity index (χ3v) is 3.36. The molecule has 1 aromatic heterocycles. The van der Waals surface area contributed by atoms with Crippen LogP contribution in [0.2, 0.25) is 0 Å². The molecule has 0 aliphatic rings. The molecule has 0 atom stereocenters. The van der Waals surface area contributed by atoms with Gasteiger partial charge in [0.05, 0.1) is 6.54 Å². The van der Waals surface area contributed by atoms with Crippen molar-refractivity contribution in [2.45, 2.75) is 13.5 Å². The maximum Gasteiger partial charge on any atom is 0.123 e. The lowest BCUT2D eigenvalue weighted by Gasteiger charge is -2.07. The van der Waals surface area contributed by atoms with E-state index in [4.69, 9.17) is 4.42 Å². The lowest BCUT2D eigenvalue weighted by molar-refractivity contribution is 0.490. The van der Waals surface area contributed by atoms with E-state index in [1.807, 2.05) is 37.3 Å². The fraction of sp³-hybridized carbons (Fsp3) is 0.167. The first-order valence-electron chi connectivity index (χ1n) is 4.89. The molecule has 0 radical (unpaired) electrons. The molecule has 1 aromatic carbocycles. The predicted octanol–water partition coefficient (Wildman–Crippen LogP) is 4.73. The standard InChI is InChI=1S/C12H11Br2NO/c1-8-2-4-10(16-8)7-15-12-6-9(13)3-5-11(12)14/h2-6,15H,7H2,1H3. The van der Waals surface area contributed by atoms with E-state index in [0.717, 1.165) is 26.2 Å². The summed E-state index contributed by atoms with van der Waals surface area (Å²) in [5.74, 6) is 1.87. The Bertz CT molecular complexity index is 494. The van der Waals surface area contributed by atoms with Crippen LogP contribution in [-0.4, -0.2) is 0 Å². The zero-order chi connectivity index (χ0) is 11.5. The minimum Gasteiger partial charge on any atom is -0.465 e. The molecule has 2 rings (SSSR count). The van der Waals surface area contributed by atoms with Crippen molar-refractivity contribution in [3.63, 3.8) is 0 Å². The fourth-order valence-electron chi connectivity index (χ4n) is 1.40. The van der Waals surface area contributed by atoms with Crippen LogP contribution in [0.25, 0.3) is 0 Å². The number of nitrogens with one attached hydrogen (secondary N) is 1. The fourth-order valence-corrected chi connectivity index (χ4v) is 2.14. The number of hydrogen-bond donors (Lipinski definition) is 1. The van der Waals surface area contributed by atoms with E-state index in [0.29, 0.717) is 6.54 Å². The van der Waals surface area contributed by atoms with Crippen LogP contribution in [0, 0.1) is 6.92 Å². The number of aryl methyl sites for hydroxylation is 1. The SMILES string of the molecule is Cc1ccc(CNc2cc(Br)ccc2Br)o1. The summed E-state index contributed by atoms with van der Waals surface area (Å²) in [4.78, 5) is 0. The Kier molecular flexibility index (Phi) is 3.71. The zero-order valence-corrected chi connectivity index (χ0v) is 11.9. The maximum atomic E-state index is 5.49. The van der Waals surface area contributed by atoms with Crippen LogP contribution in [0.1, 0.15) is 11.5 Å². The summed E-state index contributed by atoms with van der Waals surface area (Å²) < 4.78 is 7.58. The summed E-state index contributed by atoms with van der Waals surface area (Å²) in [6.45, 7) is 2.63. The quantitative estimate of drug-likeness (QED) is 0.871. The molecule has 0 fully saturated rings. The van der Waals surface area contributed by atoms with Gasteiger partial charge in [-0.1, -0.05) is 15.9 Å². The van der Waals surface area contributed by atoms with Gasteiger partial charge >= 0.3 is 0 Å². The summed E-state index contributed by atoms with van der Waals surface area (Å²) >= 11 is 6.94. The van der Waals surface area contributed by atoms with E-state index in [9.17, 15) is 0 Å². The number of halogens is 2. The topological polar surface area (TPSA) is 25.2 Å². The summed E-state index contributed by atoms with van der Waals surface area (Å²) in [5, 5.41) is 3.31. The molecule has 2 aromatic rings. The monoisotopic (exact) mass is 343 g/mol. The molecule has 0 amide bonds. The lowest BCUT2D eigenvalue weighted by atomic mass is 10.3. The van der Waals surface area contributed by atoms with Gasteiger partial charge in [-0.3, -0.25) is 0 Å². The predicted molar refractivity (Wildman–Crippen MR) is 72.6 cm³/mol. The third-order valence-electron chi connectivity index (χ3n) is 2.18. The summed E-state index contributed by atoms with van der Waals surface area (Å²) in [5.41, 5.74) is 1.04. The highest BCUT2D eigenvalue weighted by molar-refractivity contribution is 9.11. The largest absolute Gasteiger partial charge is 0.465 e. The van der Waals surface area contributed by atoms with Gasteiger partial charge in [0.25, 0.3) is 0 Å². The van der Waals surface area contributed by atoms with Gasteiger partial charge in [-0.05, 0) is 53.2 Å². The Morgan fingerprint density at radius 3 is 2.69 bits per heavy atom. The van der Waals surface area contributed by atoms with Crippen molar-refractivity contribution in [3.05, 3.63) is 50.8 Å². The van der Waals surface area contributed by atoms with Gasteiger partial charge in [0.1, 0.15) is 11.5 Å². The molecule has 0 unspecified atom stereocenters. The van der Waals surface area contributed by atoms with Crippen LogP contribution in [0.5, 0.6) is 0 Å². The van der Waals surface area contributed by atoms with Crippen LogP contribution in [0.15, 0.2) is 43.7 Å². The molecule has 84 valence electrons. The van der Waals surface area contributed by atoms with E-state index in [-0.39, 0.29) is 0 Å². The lowest BCUT2D eigenvalue weighted by Crippen LogP contribution is -1.98. The van der Waals surface area contributed by atoms with Crippen molar-refractivity contribution in [1.82, 2.24) is 0 Å². The molecule has 0 aliphatic carbocycles.